The first kappa shape index (κ1) is 22.0. The average Bonchev–Trinajstić information content (AvgIpc) is 2.56. The molecule has 2 aromatic carbocycles. The zero-order chi connectivity index (χ0) is 21.2. The van der Waals surface area contributed by atoms with E-state index in [0.717, 1.165) is 34.1 Å². The van der Waals surface area contributed by atoms with Gasteiger partial charge in [0.25, 0.3) is 0 Å². The molecule has 0 saturated heterocycles. The van der Waals surface area contributed by atoms with Crippen LogP contribution in [-0.2, 0) is 14.8 Å². The van der Waals surface area contributed by atoms with Gasteiger partial charge in [0.15, 0.2) is 0 Å². The Labute approximate surface area is 168 Å². The number of amides is 1. The quantitative estimate of drug-likeness (QED) is 0.795. The maximum Gasteiger partial charge on any atom is 0.244 e. The highest BCUT2D eigenvalue weighted by molar-refractivity contribution is 7.92. The third kappa shape index (κ3) is 4.93. The van der Waals surface area contributed by atoms with Gasteiger partial charge in [-0.1, -0.05) is 35.9 Å². The summed E-state index contributed by atoms with van der Waals surface area (Å²) in [5.74, 6) is -0.334. The standard InChI is InChI=1S/C22H30N2O3S/c1-14-9-11-20(17(4)12-14)18(5)23-22(25)19(6)24(28(7,26)27)21-13-15(2)8-10-16(21)3/h8-13,18-19H,1-7H3,(H,23,25)/t18-,19-/m1/s1. The predicted molar refractivity (Wildman–Crippen MR) is 115 cm³/mol. The topological polar surface area (TPSA) is 66.5 Å². The fraction of sp³-hybridized carbons (Fsp3) is 0.409. The molecule has 0 aliphatic heterocycles. The minimum absolute atomic E-state index is 0.226. The van der Waals surface area contributed by atoms with E-state index in [0.29, 0.717) is 5.69 Å². The molecule has 2 aromatic rings. The molecule has 0 aromatic heterocycles. The van der Waals surface area contributed by atoms with Crippen molar-refractivity contribution in [3.63, 3.8) is 0 Å². The molecule has 0 bridgehead atoms. The predicted octanol–water partition coefficient (Wildman–Crippen LogP) is 3.95. The first-order valence-electron chi connectivity index (χ1n) is 9.36. The second kappa shape index (κ2) is 8.35. The molecule has 0 aliphatic rings. The second-order valence-corrected chi connectivity index (χ2v) is 9.47. The number of hydrogen-bond acceptors (Lipinski definition) is 3. The number of hydrogen-bond donors (Lipinski definition) is 1. The molecule has 1 N–H and O–H groups in total. The molecule has 2 rings (SSSR count). The number of benzene rings is 2. The van der Waals surface area contributed by atoms with Crippen LogP contribution in [0.3, 0.4) is 0 Å². The van der Waals surface area contributed by atoms with Crippen molar-refractivity contribution in [2.75, 3.05) is 10.6 Å². The first-order chi connectivity index (χ1) is 12.9. The molecular weight excluding hydrogens is 372 g/mol. The van der Waals surface area contributed by atoms with Gasteiger partial charge in [-0.05, 0) is 69.9 Å². The van der Waals surface area contributed by atoms with Crippen LogP contribution >= 0.6 is 0 Å². The van der Waals surface area contributed by atoms with Crippen LogP contribution < -0.4 is 9.62 Å². The van der Waals surface area contributed by atoms with Gasteiger partial charge >= 0.3 is 0 Å². The lowest BCUT2D eigenvalue weighted by atomic mass is 10.00. The van der Waals surface area contributed by atoms with Gasteiger partial charge in [0.1, 0.15) is 6.04 Å². The first-order valence-corrected chi connectivity index (χ1v) is 11.2. The van der Waals surface area contributed by atoms with Crippen molar-refractivity contribution in [3.8, 4) is 0 Å². The Kier molecular flexibility index (Phi) is 6.55. The van der Waals surface area contributed by atoms with Crippen LogP contribution in [0.15, 0.2) is 36.4 Å². The Bertz CT molecular complexity index is 983. The van der Waals surface area contributed by atoms with Crippen molar-refractivity contribution in [3.05, 3.63) is 64.2 Å². The molecule has 0 saturated carbocycles. The fourth-order valence-electron chi connectivity index (χ4n) is 3.46. The summed E-state index contributed by atoms with van der Waals surface area (Å²) in [6.45, 7) is 11.3. The lowest BCUT2D eigenvalue weighted by Crippen LogP contribution is -2.48. The van der Waals surface area contributed by atoms with Crippen LogP contribution in [0, 0.1) is 27.7 Å². The Hall–Kier alpha value is -2.34. The smallest absolute Gasteiger partial charge is 0.244 e. The van der Waals surface area contributed by atoms with E-state index in [1.54, 1.807) is 13.0 Å². The highest BCUT2D eigenvalue weighted by Gasteiger charge is 2.31. The van der Waals surface area contributed by atoms with E-state index in [1.165, 1.54) is 4.31 Å². The van der Waals surface area contributed by atoms with Crippen molar-refractivity contribution in [2.45, 2.75) is 53.6 Å². The number of nitrogens with one attached hydrogen (secondary N) is 1. The van der Waals surface area contributed by atoms with Crippen LogP contribution in [0.4, 0.5) is 5.69 Å². The minimum Gasteiger partial charge on any atom is -0.348 e. The van der Waals surface area contributed by atoms with E-state index >= 15 is 0 Å². The molecule has 5 nitrogen and oxygen atoms in total. The molecule has 2 atom stereocenters. The summed E-state index contributed by atoms with van der Waals surface area (Å²) in [5.41, 5.74) is 5.54. The van der Waals surface area contributed by atoms with Crippen molar-refractivity contribution in [2.24, 2.45) is 0 Å². The number of carbonyl (C=O) groups is 1. The third-order valence-electron chi connectivity index (χ3n) is 4.94. The fourth-order valence-corrected chi connectivity index (χ4v) is 4.69. The van der Waals surface area contributed by atoms with Crippen LogP contribution in [-0.4, -0.2) is 26.6 Å². The van der Waals surface area contributed by atoms with Gasteiger partial charge < -0.3 is 5.32 Å². The summed E-state index contributed by atoms with van der Waals surface area (Å²) >= 11 is 0. The molecule has 152 valence electrons. The zero-order valence-electron chi connectivity index (χ0n) is 17.7. The van der Waals surface area contributed by atoms with Crippen LogP contribution in [0.25, 0.3) is 0 Å². The normalized spacial score (nSPS) is 13.7. The molecule has 0 heterocycles. The van der Waals surface area contributed by atoms with Crippen LogP contribution in [0.2, 0.25) is 0 Å². The van der Waals surface area contributed by atoms with Crippen molar-refractivity contribution in [1.82, 2.24) is 5.32 Å². The number of sulfonamides is 1. The van der Waals surface area contributed by atoms with Gasteiger partial charge in [-0.3, -0.25) is 9.10 Å². The van der Waals surface area contributed by atoms with E-state index in [-0.39, 0.29) is 11.9 Å². The summed E-state index contributed by atoms with van der Waals surface area (Å²) in [6.07, 6.45) is 1.13. The van der Waals surface area contributed by atoms with Crippen LogP contribution in [0.1, 0.15) is 47.7 Å². The van der Waals surface area contributed by atoms with E-state index in [9.17, 15) is 13.2 Å². The van der Waals surface area contributed by atoms with E-state index < -0.39 is 16.1 Å². The minimum atomic E-state index is -3.64. The summed E-state index contributed by atoms with van der Waals surface area (Å²) in [4.78, 5) is 12.9. The lowest BCUT2D eigenvalue weighted by Gasteiger charge is -2.31. The van der Waals surface area contributed by atoms with Crippen LogP contribution in [0.5, 0.6) is 0 Å². The maximum atomic E-state index is 12.9. The van der Waals surface area contributed by atoms with E-state index in [2.05, 4.69) is 11.4 Å². The van der Waals surface area contributed by atoms with Crippen molar-refractivity contribution >= 4 is 21.6 Å². The number of nitrogens with zero attached hydrogens (tertiary/aromatic N) is 1. The SMILES string of the molecule is Cc1ccc([C@@H](C)NC(=O)[C@@H](C)N(c2cc(C)ccc2C)S(C)(=O)=O)c(C)c1. The number of anilines is 1. The van der Waals surface area contributed by atoms with Crippen molar-refractivity contribution in [1.29, 1.82) is 0 Å². The Morgan fingerprint density at radius 1 is 0.929 bits per heavy atom. The Morgan fingerprint density at radius 2 is 1.50 bits per heavy atom. The molecule has 0 fully saturated rings. The molecule has 6 heteroatoms. The van der Waals surface area contributed by atoms with Crippen molar-refractivity contribution < 1.29 is 13.2 Å². The molecule has 0 spiro atoms. The lowest BCUT2D eigenvalue weighted by molar-refractivity contribution is -0.122. The molecule has 0 aliphatic carbocycles. The summed E-state index contributed by atoms with van der Waals surface area (Å²) in [7, 11) is -3.64. The Balaban J connectivity index is 2.33. The maximum absolute atomic E-state index is 12.9. The van der Waals surface area contributed by atoms with Gasteiger partial charge in [0, 0.05) is 0 Å². The average molecular weight is 403 g/mol. The molecule has 28 heavy (non-hydrogen) atoms. The zero-order valence-corrected chi connectivity index (χ0v) is 18.5. The molecular formula is C22H30N2O3S. The van der Waals surface area contributed by atoms with E-state index in [4.69, 9.17) is 0 Å². The van der Waals surface area contributed by atoms with Gasteiger partial charge in [0.05, 0.1) is 18.0 Å². The van der Waals surface area contributed by atoms with Gasteiger partial charge in [-0.2, -0.15) is 0 Å². The highest BCUT2D eigenvalue weighted by atomic mass is 32.2. The van der Waals surface area contributed by atoms with Gasteiger partial charge in [-0.25, -0.2) is 8.42 Å². The third-order valence-corrected chi connectivity index (χ3v) is 6.17. The molecule has 1 amide bonds. The summed E-state index contributed by atoms with van der Waals surface area (Å²) in [6, 6.07) is 10.6. The molecule has 0 radical (unpaired) electrons. The summed E-state index contributed by atoms with van der Waals surface area (Å²) in [5, 5.41) is 2.97. The number of aryl methyl sites for hydroxylation is 4. The number of rotatable bonds is 6. The highest BCUT2D eigenvalue weighted by Crippen LogP contribution is 2.27. The van der Waals surface area contributed by atoms with E-state index in [1.807, 2.05) is 58.9 Å². The Morgan fingerprint density at radius 3 is 2.07 bits per heavy atom. The second-order valence-electron chi connectivity index (χ2n) is 7.62. The summed E-state index contributed by atoms with van der Waals surface area (Å²) < 4.78 is 26.3. The molecule has 0 unspecified atom stereocenters. The van der Waals surface area contributed by atoms with Gasteiger partial charge in [-0.15, -0.1) is 0 Å². The van der Waals surface area contributed by atoms with Gasteiger partial charge in [0.2, 0.25) is 15.9 Å². The number of carbonyl (C=O) groups excluding carboxylic acids is 1. The largest absolute Gasteiger partial charge is 0.348 e. The monoisotopic (exact) mass is 402 g/mol.